The number of nitrogens with zero attached hydrogens (tertiary/aromatic N) is 1. The Hall–Kier alpha value is -2.10. The Balaban J connectivity index is 1.87. The zero-order valence-corrected chi connectivity index (χ0v) is 14.7. The van der Waals surface area contributed by atoms with Gasteiger partial charge in [0.05, 0.1) is 6.54 Å². The fraction of sp³-hybridized carbons (Fsp3) is 0.267. The number of aliphatic hydroxyl groups is 1. The van der Waals surface area contributed by atoms with Gasteiger partial charge in [-0.05, 0) is 38.1 Å². The normalized spacial score (nSPS) is 13.1. The lowest BCUT2D eigenvalue weighted by Gasteiger charge is -2.18. The van der Waals surface area contributed by atoms with E-state index in [-0.39, 0.29) is 0 Å². The molecule has 0 radical (unpaired) electrons. The average molecular weight is 367 g/mol. The monoisotopic (exact) mass is 367 g/mol. The number of carbonyl (C=O) groups is 2. The molecule has 0 aliphatic heterocycles. The quantitative estimate of drug-likeness (QED) is 0.624. The summed E-state index contributed by atoms with van der Waals surface area (Å²) < 4.78 is 0.946. The van der Waals surface area contributed by atoms with Gasteiger partial charge in [-0.2, -0.15) is 0 Å². The van der Waals surface area contributed by atoms with Gasteiger partial charge in [0.1, 0.15) is 0 Å². The number of rotatable bonds is 6. The molecule has 128 valence electrons. The summed E-state index contributed by atoms with van der Waals surface area (Å²) in [4.78, 5) is 27.8. The van der Waals surface area contributed by atoms with Crippen molar-refractivity contribution in [3.05, 3.63) is 35.3 Å². The number of carbonyl (C=O) groups excluding carboxylic acids is 1. The van der Waals surface area contributed by atoms with Gasteiger partial charge in [0.15, 0.2) is 9.94 Å². The van der Waals surface area contributed by atoms with E-state index in [4.69, 9.17) is 5.11 Å². The molecule has 0 saturated heterocycles. The number of carboxylic acid groups (broad SMARTS) is 1. The van der Waals surface area contributed by atoms with E-state index >= 15 is 0 Å². The Bertz CT molecular complexity index is 729. The van der Waals surface area contributed by atoms with Crippen LogP contribution in [0, 0.1) is 6.92 Å². The van der Waals surface area contributed by atoms with Crippen molar-refractivity contribution < 1.29 is 19.8 Å². The summed E-state index contributed by atoms with van der Waals surface area (Å²) in [5, 5.41) is 25.2. The van der Waals surface area contributed by atoms with Gasteiger partial charge in [0.25, 0.3) is 0 Å². The Morgan fingerprint density at radius 2 is 2.00 bits per heavy atom. The molecule has 1 aromatic heterocycles. The highest BCUT2D eigenvalue weighted by Crippen LogP contribution is 2.30. The Labute approximate surface area is 147 Å². The summed E-state index contributed by atoms with van der Waals surface area (Å²) in [6.07, 6.45) is 0. The molecule has 1 aromatic carbocycles. The Morgan fingerprint density at radius 1 is 1.33 bits per heavy atom. The van der Waals surface area contributed by atoms with Gasteiger partial charge in [-0.1, -0.05) is 11.8 Å². The van der Waals surface area contributed by atoms with Gasteiger partial charge >= 0.3 is 12.0 Å². The molecule has 2 aromatic rings. The van der Waals surface area contributed by atoms with Crippen LogP contribution in [0.15, 0.2) is 38.9 Å². The Kier molecular flexibility index (Phi) is 5.81. The number of aliphatic carboxylic acids is 1. The lowest BCUT2D eigenvalue weighted by Crippen LogP contribution is -2.47. The second kappa shape index (κ2) is 7.65. The van der Waals surface area contributed by atoms with E-state index in [2.05, 4.69) is 15.6 Å². The van der Waals surface area contributed by atoms with Crippen LogP contribution < -0.4 is 10.6 Å². The number of amides is 2. The molecule has 2 rings (SSSR count). The third-order valence-corrected chi connectivity index (χ3v) is 5.03. The highest BCUT2D eigenvalue weighted by atomic mass is 32.2. The average Bonchev–Trinajstić information content (AvgIpc) is 2.92. The van der Waals surface area contributed by atoms with Crippen molar-refractivity contribution in [2.24, 2.45) is 0 Å². The van der Waals surface area contributed by atoms with Gasteiger partial charge in [-0.15, -0.1) is 11.3 Å². The van der Waals surface area contributed by atoms with Crippen LogP contribution in [0.1, 0.15) is 12.6 Å². The van der Waals surface area contributed by atoms with Gasteiger partial charge in [-0.25, -0.2) is 14.6 Å². The van der Waals surface area contributed by atoms with Gasteiger partial charge in [0, 0.05) is 21.7 Å². The van der Waals surface area contributed by atoms with E-state index < -0.39 is 24.1 Å². The first kappa shape index (κ1) is 18.2. The Morgan fingerprint density at radius 3 is 2.54 bits per heavy atom. The van der Waals surface area contributed by atoms with E-state index in [1.54, 1.807) is 23.5 Å². The van der Waals surface area contributed by atoms with Crippen molar-refractivity contribution in [1.82, 2.24) is 10.3 Å². The highest BCUT2D eigenvalue weighted by molar-refractivity contribution is 8.01. The van der Waals surface area contributed by atoms with Crippen LogP contribution in [0.2, 0.25) is 0 Å². The van der Waals surface area contributed by atoms with Gasteiger partial charge in [-0.3, -0.25) is 0 Å². The molecule has 2 amide bonds. The number of anilines is 1. The summed E-state index contributed by atoms with van der Waals surface area (Å²) in [6, 6.07) is 6.58. The van der Waals surface area contributed by atoms with Crippen molar-refractivity contribution in [2.45, 2.75) is 28.7 Å². The molecule has 0 spiro atoms. The van der Waals surface area contributed by atoms with Crippen molar-refractivity contribution in [1.29, 1.82) is 0 Å². The molecular weight excluding hydrogens is 350 g/mol. The number of benzene rings is 1. The van der Waals surface area contributed by atoms with Crippen LogP contribution in [0.25, 0.3) is 0 Å². The standard InChI is InChI=1S/C15H17N3O4S2/c1-9-7-23-14(17-9)24-11-5-3-10(4-6-11)18-13(21)16-8-15(2,22)12(19)20/h3-7,22H,8H2,1-2H3,(H,19,20)(H2,16,18,21). The van der Waals surface area contributed by atoms with Crippen molar-refractivity contribution in [2.75, 3.05) is 11.9 Å². The van der Waals surface area contributed by atoms with Crippen LogP contribution in [-0.2, 0) is 4.79 Å². The highest BCUT2D eigenvalue weighted by Gasteiger charge is 2.30. The largest absolute Gasteiger partial charge is 0.479 e. The molecule has 1 atom stereocenters. The second-order valence-corrected chi connectivity index (χ2v) is 7.45. The molecule has 0 bridgehead atoms. The van der Waals surface area contributed by atoms with E-state index in [1.165, 1.54) is 11.8 Å². The molecule has 0 fully saturated rings. The zero-order valence-electron chi connectivity index (χ0n) is 13.1. The smallest absolute Gasteiger partial charge is 0.337 e. The predicted molar refractivity (Wildman–Crippen MR) is 92.7 cm³/mol. The number of carboxylic acids is 1. The lowest BCUT2D eigenvalue weighted by atomic mass is 10.1. The third kappa shape index (κ3) is 5.22. The molecule has 24 heavy (non-hydrogen) atoms. The predicted octanol–water partition coefficient (Wildman–Crippen LogP) is 2.56. The number of aryl methyl sites for hydroxylation is 1. The summed E-state index contributed by atoms with van der Waals surface area (Å²) >= 11 is 3.10. The summed E-state index contributed by atoms with van der Waals surface area (Å²) in [5.41, 5.74) is -0.472. The molecule has 9 heteroatoms. The van der Waals surface area contributed by atoms with Crippen molar-refractivity contribution >= 4 is 40.8 Å². The van der Waals surface area contributed by atoms with Crippen LogP contribution in [0.3, 0.4) is 0 Å². The van der Waals surface area contributed by atoms with Gasteiger partial charge in [0.2, 0.25) is 0 Å². The molecule has 0 aliphatic rings. The van der Waals surface area contributed by atoms with E-state index in [0.717, 1.165) is 21.9 Å². The number of hydrogen-bond acceptors (Lipinski definition) is 6. The van der Waals surface area contributed by atoms with E-state index in [0.29, 0.717) is 5.69 Å². The lowest BCUT2D eigenvalue weighted by molar-refractivity contribution is -0.155. The molecule has 7 nitrogen and oxygen atoms in total. The first-order valence-electron chi connectivity index (χ1n) is 6.97. The topological polar surface area (TPSA) is 112 Å². The zero-order chi connectivity index (χ0) is 17.7. The fourth-order valence-electron chi connectivity index (χ4n) is 1.59. The van der Waals surface area contributed by atoms with Crippen LogP contribution in [-0.4, -0.2) is 39.3 Å². The van der Waals surface area contributed by atoms with Crippen LogP contribution in [0.4, 0.5) is 10.5 Å². The fourth-order valence-corrected chi connectivity index (χ4v) is 3.40. The molecule has 1 heterocycles. The molecule has 0 aliphatic carbocycles. The van der Waals surface area contributed by atoms with E-state index in [9.17, 15) is 14.7 Å². The maximum atomic E-state index is 11.7. The minimum atomic E-state index is -2.01. The first-order chi connectivity index (χ1) is 11.3. The minimum Gasteiger partial charge on any atom is -0.479 e. The van der Waals surface area contributed by atoms with Gasteiger partial charge < -0.3 is 20.8 Å². The maximum Gasteiger partial charge on any atom is 0.337 e. The van der Waals surface area contributed by atoms with Crippen molar-refractivity contribution in [3.8, 4) is 0 Å². The summed E-state index contributed by atoms with van der Waals surface area (Å²) in [6.45, 7) is 2.65. The molecular formula is C15H17N3O4S2. The number of thiazole rings is 1. The maximum absolute atomic E-state index is 11.7. The number of urea groups is 1. The van der Waals surface area contributed by atoms with Crippen molar-refractivity contribution in [3.63, 3.8) is 0 Å². The van der Waals surface area contributed by atoms with Crippen LogP contribution in [0.5, 0.6) is 0 Å². The summed E-state index contributed by atoms with van der Waals surface area (Å²) in [7, 11) is 0. The molecule has 0 saturated carbocycles. The van der Waals surface area contributed by atoms with E-state index in [1.807, 2.05) is 24.4 Å². The number of aromatic nitrogens is 1. The SMILES string of the molecule is Cc1csc(Sc2ccc(NC(=O)NCC(C)(O)C(=O)O)cc2)n1. The molecule has 1 unspecified atom stereocenters. The summed E-state index contributed by atoms with van der Waals surface area (Å²) in [5.74, 6) is -1.40. The van der Waals surface area contributed by atoms with Crippen LogP contribution >= 0.6 is 23.1 Å². The third-order valence-electron chi connectivity index (χ3n) is 2.97. The number of hydrogen-bond donors (Lipinski definition) is 4. The minimum absolute atomic E-state index is 0.397. The molecule has 4 N–H and O–H groups in total. The number of nitrogens with one attached hydrogen (secondary N) is 2. The second-order valence-electron chi connectivity index (χ2n) is 5.27. The first-order valence-corrected chi connectivity index (χ1v) is 8.66.